The van der Waals surface area contributed by atoms with Crippen LogP contribution < -0.4 is 10.5 Å². The van der Waals surface area contributed by atoms with Crippen LogP contribution >= 0.6 is 0 Å². The average Bonchev–Trinajstić information content (AvgIpc) is 2.35. The Morgan fingerprint density at radius 3 is 2.61 bits per heavy atom. The molecule has 1 aliphatic heterocycles. The highest BCUT2D eigenvalue weighted by atomic mass is 32.2. The molecule has 0 radical (unpaired) electrons. The van der Waals surface area contributed by atoms with Gasteiger partial charge in [-0.1, -0.05) is 0 Å². The Balaban J connectivity index is 2.13. The first-order chi connectivity index (χ1) is 8.49. The molecule has 7 heteroatoms. The highest BCUT2D eigenvalue weighted by Crippen LogP contribution is 2.18. The zero-order valence-corrected chi connectivity index (χ0v) is 11.0. The molecule has 0 spiro atoms. The number of anilines is 2. The van der Waals surface area contributed by atoms with Crippen molar-refractivity contribution >= 4 is 21.6 Å². The Hall–Kier alpha value is -1.31. The van der Waals surface area contributed by atoms with Gasteiger partial charge in [-0.3, -0.25) is 4.72 Å². The molecule has 1 aromatic carbocycles. The summed E-state index contributed by atoms with van der Waals surface area (Å²) in [5.41, 5.74) is 7.70. The van der Waals surface area contributed by atoms with Crippen LogP contribution in [0.15, 0.2) is 18.2 Å². The van der Waals surface area contributed by atoms with E-state index in [1.807, 2.05) is 6.92 Å². The lowest BCUT2D eigenvalue weighted by atomic mass is 10.2. The van der Waals surface area contributed by atoms with E-state index in [0.717, 1.165) is 5.56 Å². The highest BCUT2D eigenvalue weighted by molar-refractivity contribution is 7.90. The summed E-state index contributed by atoms with van der Waals surface area (Å²) in [6, 6.07) is 5.06. The molecule has 1 heterocycles. The molecule has 2 rings (SSSR count). The third kappa shape index (κ3) is 2.92. The summed E-state index contributed by atoms with van der Waals surface area (Å²) in [6.45, 7) is 3.46. The van der Waals surface area contributed by atoms with Gasteiger partial charge in [0.25, 0.3) is 0 Å². The van der Waals surface area contributed by atoms with Crippen molar-refractivity contribution in [1.82, 2.24) is 4.31 Å². The number of ether oxygens (including phenoxy) is 1. The molecular formula is C11H17N3O3S. The number of nitrogen functional groups attached to an aromatic ring is 1. The number of rotatable bonds is 3. The molecule has 3 N–H and O–H groups in total. The minimum Gasteiger partial charge on any atom is -0.399 e. The van der Waals surface area contributed by atoms with E-state index in [1.54, 1.807) is 18.2 Å². The van der Waals surface area contributed by atoms with Crippen molar-refractivity contribution in [2.45, 2.75) is 6.92 Å². The van der Waals surface area contributed by atoms with E-state index in [2.05, 4.69) is 4.72 Å². The van der Waals surface area contributed by atoms with Crippen molar-refractivity contribution in [3.63, 3.8) is 0 Å². The van der Waals surface area contributed by atoms with Crippen molar-refractivity contribution in [2.24, 2.45) is 0 Å². The van der Waals surface area contributed by atoms with Crippen LogP contribution in [0.2, 0.25) is 0 Å². The van der Waals surface area contributed by atoms with Gasteiger partial charge in [0.2, 0.25) is 0 Å². The normalized spacial score (nSPS) is 17.6. The zero-order chi connectivity index (χ0) is 13.2. The van der Waals surface area contributed by atoms with Gasteiger partial charge in [0.15, 0.2) is 0 Å². The number of morpholine rings is 1. The monoisotopic (exact) mass is 271 g/mol. The van der Waals surface area contributed by atoms with Crippen LogP contribution in [0, 0.1) is 6.92 Å². The summed E-state index contributed by atoms with van der Waals surface area (Å²) < 4.78 is 33.2. The van der Waals surface area contributed by atoms with E-state index in [4.69, 9.17) is 10.5 Å². The second-order valence-electron chi connectivity index (χ2n) is 4.19. The lowest BCUT2D eigenvalue weighted by Gasteiger charge is -2.26. The average molecular weight is 271 g/mol. The SMILES string of the molecule is Cc1cc(NS(=O)(=O)N2CCOCC2)ccc1N. The molecule has 18 heavy (non-hydrogen) atoms. The van der Waals surface area contributed by atoms with Crippen LogP contribution in [0.3, 0.4) is 0 Å². The van der Waals surface area contributed by atoms with E-state index in [0.29, 0.717) is 37.7 Å². The van der Waals surface area contributed by atoms with Crippen molar-refractivity contribution < 1.29 is 13.2 Å². The Bertz CT molecular complexity index is 524. The number of nitrogens with zero attached hydrogens (tertiary/aromatic N) is 1. The van der Waals surface area contributed by atoms with Gasteiger partial charge in [0.1, 0.15) is 0 Å². The summed E-state index contributed by atoms with van der Waals surface area (Å²) >= 11 is 0. The Morgan fingerprint density at radius 1 is 1.33 bits per heavy atom. The second kappa shape index (κ2) is 5.13. The van der Waals surface area contributed by atoms with Crippen LogP contribution in [0.5, 0.6) is 0 Å². The number of aryl methyl sites for hydroxylation is 1. The zero-order valence-electron chi connectivity index (χ0n) is 10.2. The third-order valence-corrected chi connectivity index (χ3v) is 4.37. The Kier molecular flexibility index (Phi) is 3.74. The summed E-state index contributed by atoms with van der Waals surface area (Å²) in [5, 5.41) is 0. The van der Waals surface area contributed by atoms with E-state index < -0.39 is 10.2 Å². The second-order valence-corrected chi connectivity index (χ2v) is 5.86. The van der Waals surface area contributed by atoms with Crippen molar-refractivity contribution in [2.75, 3.05) is 36.8 Å². The molecule has 0 aliphatic carbocycles. The molecule has 0 unspecified atom stereocenters. The molecule has 1 aliphatic rings. The van der Waals surface area contributed by atoms with Crippen LogP contribution in [0.25, 0.3) is 0 Å². The van der Waals surface area contributed by atoms with Gasteiger partial charge in [-0.25, -0.2) is 0 Å². The fourth-order valence-corrected chi connectivity index (χ4v) is 2.92. The molecule has 1 saturated heterocycles. The number of nitrogens with one attached hydrogen (secondary N) is 1. The van der Waals surface area contributed by atoms with Gasteiger partial charge in [0.05, 0.1) is 18.9 Å². The lowest BCUT2D eigenvalue weighted by Crippen LogP contribution is -2.43. The van der Waals surface area contributed by atoms with Gasteiger partial charge in [-0.05, 0) is 30.7 Å². The van der Waals surface area contributed by atoms with Crippen LogP contribution in [0.4, 0.5) is 11.4 Å². The van der Waals surface area contributed by atoms with Crippen LogP contribution in [0.1, 0.15) is 5.56 Å². The molecule has 1 aromatic rings. The summed E-state index contributed by atoms with van der Waals surface area (Å²) in [4.78, 5) is 0. The predicted molar refractivity (Wildman–Crippen MR) is 70.5 cm³/mol. The minimum atomic E-state index is -3.50. The molecular weight excluding hydrogens is 254 g/mol. The van der Waals surface area contributed by atoms with Gasteiger partial charge >= 0.3 is 10.2 Å². The first-order valence-corrected chi connectivity index (χ1v) is 7.15. The standard InChI is InChI=1S/C11H17N3O3S/c1-9-8-10(2-3-11(9)12)13-18(15,16)14-4-6-17-7-5-14/h2-3,8,13H,4-7,12H2,1H3. The fourth-order valence-electron chi connectivity index (χ4n) is 1.74. The van der Waals surface area contributed by atoms with Crippen LogP contribution in [-0.2, 0) is 14.9 Å². The Labute approximate surface area is 107 Å². The molecule has 0 saturated carbocycles. The van der Waals surface area contributed by atoms with Gasteiger partial charge in [-0.2, -0.15) is 12.7 Å². The quantitative estimate of drug-likeness (QED) is 0.787. The number of hydrogen-bond acceptors (Lipinski definition) is 4. The minimum absolute atomic E-state index is 0.378. The first kappa shape index (κ1) is 13.1. The largest absolute Gasteiger partial charge is 0.399 e. The fraction of sp³-hybridized carbons (Fsp3) is 0.455. The summed E-state index contributed by atoms with van der Waals surface area (Å²) in [7, 11) is -3.50. The topological polar surface area (TPSA) is 84.7 Å². The van der Waals surface area contributed by atoms with Crippen molar-refractivity contribution in [3.05, 3.63) is 23.8 Å². The summed E-state index contributed by atoms with van der Waals surface area (Å²) in [6.07, 6.45) is 0. The van der Waals surface area contributed by atoms with Gasteiger partial charge < -0.3 is 10.5 Å². The molecule has 0 aromatic heterocycles. The third-order valence-electron chi connectivity index (χ3n) is 2.83. The van der Waals surface area contributed by atoms with E-state index in [-0.39, 0.29) is 0 Å². The molecule has 1 fully saturated rings. The number of nitrogens with two attached hydrogens (primary N) is 1. The maximum absolute atomic E-state index is 12.1. The smallest absolute Gasteiger partial charge is 0.301 e. The van der Waals surface area contributed by atoms with E-state index in [9.17, 15) is 8.42 Å². The van der Waals surface area contributed by atoms with Crippen molar-refractivity contribution in [1.29, 1.82) is 0 Å². The highest BCUT2D eigenvalue weighted by Gasteiger charge is 2.24. The van der Waals surface area contributed by atoms with Crippen LogP contribution in [-0.4, -0.2) is 39.0 Å². The van der Waals surface area contributed by atoms with E-state index >= 15 is 0 Å². The molecule has 0 amide bonds. The number of hydrogen-bond donors (Lipinski definition) is 2. The lowest BCUT2D eigenvalue weighted by molar-refractivity contribution is 0.0733. The van der Waals surface area contributed by atoms with E-state index in [1.165, 1.54) is 4.31 Å². The molecule has 100 valence electrons. The van der Waals surface area contributed by atoms with Gasteiger partial charge in [-0.15, -0.1) is 0 Å². The van der Waals surface area contributed by atoms with Crippen molar-refractivity contribution in [3.8, 4) is 0 Å². The maximum atomic E-state index is 12.1. The maximum Gasteiger partial charge on any atom is 0.301 e. The molecule has 0 atom stereocenters. The molecule has 0 bridgehead atoms. The first-order valence-electron chi connectivity index (χ1n) is 5.71. The summed E-state index contributed by atoms with van der Waals surface area (Å²) in [5.74, 6) is 0. The van der Waals surface area contributed by atoms with Gasteiger partial charge in [0, 0.05) is 18.8 Å². The predicted octanol–water partition coefficient (Wildman–Crippen LogP) is 0.566. The Morgan fingerprint density at radius 2 is 2.00 bits per heavy atom. The number of benzene rings is 1. The molecule has 6 nitrogen and oxygen atoms in total.